The van der Waals surface area contributed by atoms with Crippen molar-refractivity contribution in [1.82, 2.24) is 0 Å². The maximum Gasteiger partial charge on any atom is 0.330 e. The van der Waals surface area contributed by atoms with Crippen LogP contribution in [0.2, 0.25) is 0 Å². The van der Waals surface area contributed by atoms with Crippen LogP contribution in [-0.4, -0.2) is 18.6 Å². The van der Waals surface area contributed by atoms with Crippen LogP contribution in [0.4, 0.5) is 0 Å². The Morgan fingerprint density at radius 2 is 2.50 bits per heavy atom. The molecule has 0 bridgehead atoms. The molecular formula is C9H13NO2. The lowest BCUT2D eigenvalue weighted by Gasteiger charge is -2.09. The summed E-state index contributed by atoms with van der Waals surface area (Å²) in [5.41, 5.74) is 0. The standard InChI is InChI=1S/C9H13NO2/c1-4-9(11)12-8(2)6-5-7-10-3/h4,8H,1,5-7H2,2H3. The van der Waals surface area contributed by atoms with Crippen molar-refractivity contribution in [1.29, 1.82) is 0 Å². The molecule has 0 aliphatic heterocycles. The van der Waals surface area contributed by atoms with Crippen LogP contribution in [0.3, 0.4) is 0 Å². The third-order valence-electron chi connectivity index (χ3n) is 1.36. The Morgan fingerprint density at radius 1 is 1.83 bits per heavy atom. The third kappa shape index (κ3) is 5.48. The van der Waals surface area contributed by atoms with E-state index in [0.29, 0.717) is 6.54 Å². The van der Waals surface area contributed by atoms with E-state index >= 15 is 0 Å². The van der Waals surface area contributed by atoms with Gasteiger partial charge in [-0.2, -0.15) is 0 Å². The summed E-state index contributed by atoms with van der Waals surface area (Å²) < 4.78 is 4.89. The molecule has 0 aliphatic rings. The lowest BCUT2D eigenvalue weighted by molar-refractivity contribution is -0.142. The Balaban J connectivity index is 3.46. The van der Waals surface area contributed by atoms with E-state index < -0.39 is 5.97 Å². The van der Waals surface area contributed by atoms with Gasteiger partial charge in [-0.3, -0.25) is 0 Å². The molecule has 0 aromatic carbocycles. The monoisotopic (exact) mass is 167 g/mol. The van der Waals surface area contributed by atoms with Gasteiger partial charge in [-0.25, -0.2) is 11.4 Å². The van der Waals surface area contributed by atoms with Gasteiger partial charge in [-0.15, -0.1) is 0 Å². The Kier molecular flexibility index (Phi) is 5.72. The van der Waals surface area contributed by atoms with Gasteiger partial charge in [0.05, 0.1) is 6.10 Å². The Hall–Kier alpha value is -1.30. The van der Waals surface area contributed by atoms with Crippen LogP contribution in [0.5, 0.6) is 0 Å². The average Bonchev–Trinajstić information content (AvgIpc) is 2.05. The molecule has 3 heteroatoms. The van der Waals surface area contributed by atoms with E-state index in [1.54, 1.807) is 0 Å². The molecule has 0 N–H and O–H groups in total. The van der Waals surface area contributed by atoms with E-state index in [0.717, 1.165) is 18.9 Å². The van der Waals surface area contributed by atoms with Crippen molar-refractivity contribution in [3.05, 3.63) is 24.1 Å². The van der Waals surface area contributed by atoms with Crippen LogP contribution in [-0.2, 0) is 9.53 Å². The second kappa shape index (κ2) is 6.41. The summed E-state index contributed by atoms with van der Waals surface area (Å²) in [7, 11) is 0. The lowest BCUT2D eigenvalue weighted by atomic mass is 10.2. The van der Waals surface area contributed by atoms with Crippen molar-refractivity contribution in [2.75, 3.05) is 6.54 Å². The van der Waals surface area contributed by atoms with E-state index in [4.69, 9.17) is 11.3 Å². The minimum Gasteiger partial charge on any atom is -0.460 e. The molecule has 66 valence electrons. The van der Waals surface area contributed by atoms with Crippen molar-refractivity contribution >= 4 is 5.97 Å². The van der Waals surface area contributed by atoms with E-state index in [-0.39, 0.29) is 6.10 Å². The first kappa shape index (κ1) is 10.7. The van der Waals surface area contributed by atoms with Gasteiger partial charge in [0.2, 0.25) is 6.54 Å². The number of carbonyl (C=O) groups excluding carboxylic acids is 1. The number of esters is 1. The zero-order valence-corrected chi connectivity index (χ0v) is 7.25. The van der Waals surface area contributed by atoms with Crippen LogP contribution < -0.4 is 0 Å². The van der Waals surface area contributed by atoms with E-state index in [1.807, 2.05) is 6.92 Å². The molecule has 0 saturated carbocycles. The molecule has 0 aromatic heterocycles. The minimum atomic E-state index is -0.398. The number of hydrogen-bond donors (Lipinski definition) is 0. The molecule has 1 unspecified atom stereocenters. The molecule has 0 amide bonds. The predicted molar refractivity (Wildman–Crippen MR) is 46.5 cm³/mol. The van der Waals surface area contributed by atoms with Gasteiger partial charge in [0.1, 0.15) is 0 Å². The summed E-state index contributed by atoms with van der Waals surface area (Å²) in [6, 6.07) is 0. The highest BCUT2D eigenvalue weighted by molar-refractivity contribution is 5.81. The second-order valence-electron chi connectivity index (χ2n) is 2.48. The van der Waals surface area contributed by atoms with Gasteiger partial charge in [0.15, 0.2) is 0 Å². The Labute approximate surface area is 72.8 Å². The van der Waals surface area contributed by atoms with E-state index in [9.17, 15) is 4.79 Å². The van der Waals surface area contributed by atoms with Gasteiger partial charge < -0.3 is 9.58 Å². The normalized spacial score (nSPS) is 11.3. The Bertz CT molecular complexity index is 193. The maximum absolute atomic E-state index is 10.7. The first-order valence-electron chi connectivity index (χ1n) is 3.87. The molecule has 0 spiro atoms. The molecule has 1 atom stereocenters. The quantitative estimate of drug-likeness (QED) is 0.270. The fourth-order valence-corrected chi connectivity index (χ4v) is 0.763. The van der Waals surface area contributed by atoms with Gasteiger partial charge in [-0.1, -0.05) is 6.58 Å². The summed E-state index contributed by atoms with van der Waals surface area (Å²) >= 11 is 0. The molecular weight excluding hydrogens is 154 g/mol. The van der Waals surface area contributed by atoms with Crippen molar-refractivity contribution in [3.8, 4) is 0 Å². The molecule has 0 saturated heterocycles. The van der Waals surface area contributed by atoms with Crippen LogP contribution >= 0.6 is 0 Å². The lowest BCUT2D eigenvalue weighted by Crippen LogP contribution is -2.12. The summed E-state index contributed by atoms with van der Waals surface area (Å²) in [5, 5.41) is 0. The minimum absolute atomic E-state index is 0.114. The molecule has 0 aliphatic carbocycles. The molecule has 0 radical (unpaired) electrons. The zero-order valence-electron chi connectivity index (χ0n) is 7.25. The topological polar surface area (TPSA) is 30.7 Å². The average molecular weight is 167 g/mol. The highest BCUT2D eigenvalue weighted by Crippen LogP contribution is 2.02. The van der Waals surface area contributed by atoms with Crippen molar-refractivity contribution in [3.63, 3.8) is 0 Å². The molecule has 0 fully saturated rings. The molecule has 12 heavy (non-hydrogen) atoms. The number of hydrogen-bond acceptors (Lipinski definition) is 2. The van der Waals surface area contributed by atoms with Crippen molar-refractivity contribution in [2.45, 2.75) is 25.9 Å². The largest absolute Gasteiger partial charge is 0.460 e. The SMILES string of the molecule is [C-]#[N+]CCCC(C)OC(=O)C=C. The summed E-state index contributed by atoms with van der Waals surface area (Å²) in [6.45, 7) is 12.1. The fourth-order valence-electron chi connectivity index (χ4n) is 0.763. The van der Waals surface area contributed by atoms with Crippen LogP contribution in [0.25, 0.3) is 4.85 Å². The smallest absolute Gasteiger partial charge is 0.330 e. The number of carbonyl (C=O) groups is 1. The first-order valence-corrected chi connectivity index (χ1v) is 3.87. The van der Waals surface area contributed by atoms with Gasteiger partial charge in [0.25, 0.3) is 0 Å². The Morgan fingerprint density at radius 3 is 3.00 bits per heavy atom. The van der Waals surface area contributed by atoms with Gasteiger partial charge >= 0.3 is 5.97 Å². The zero-order chi connectivity index (χ0) is 9.40. The first-order chi connectivity index (χ1) is 5.70. The third-order valence-corrected chi connectivity index (χ3v) is 1.36. The van der Waals surface area contributed by atoms with Crippen molar-refractivity contribution < 1.29 is 9.53 Å². The fraction of sp³-hybridized carbons (Fsp3) is 0.556. The van der Waals surface area contributed by atoms with E-state index in [2.05, 4.69) is 11.4 Å². The second-order valence-corrected chi connectivity index (χ2v) is 2.48. The summed E-state index contributed by atoms with van der Waals surface area (Å²) in [4.78, 5) is 13.9. The summed E-state index contributed by atoms with van der Waals surface area (Å²) in [6.07, 6.45) is 2.54. The number of rotatable bonds is 5. The molecule has 0 aromatic rings. The molecule has 0 heterocycles. The summed E-state index contributed by atoms with van der Waals surface area (Å²) in [5.74, 6) is -0.398. The van der Waals surface area contributed by atoms with Gasteiger partial charge in [0, 0.05) is 12.5 Å². The van der Waals surface area contributed by atoms with Crippen LogP contribution in [0.1, 0.15) is 19.8 Å². The number of nitrogens with zero attached hydrogens (tertiary/aromatic N) is 1. The highest BCUT2D eigenvalue weighted by Gasteiger charge is 2.05. The predicted octanol–water partition coefficient (Wildman–Crippen LogP) is 1.80. The number of ether oxygens (including phenoxy) is 1. The molecule has 3 nitrogen and oxygen atoms in total. The van der Waals surface area contributed by atoms with Crippen molar-refractivity contribution in [2.24, 2.45) is 0 Å². The van der Waals surface area contributed by atoms with Crippen LogP contribution in [0, 0.1) is 6.57 Å². The van der Waals surface area contributed by atoms with E-state index in [1.165, 1.54) is 0 Å². The highest BCUT2D eigenvalue weighted by atomic mass is 16.5. The van der Waals surface area contributed by atoms with Gasteiger partial charge in [-0.05, 0) is 13.3 Å². The molecule has 0 rings (SSSR count). The maximum atomic E-state index is 10.7. The van der Waals surface area contributed by atoms with Crippen LogP contribution in [0.15, 0.2) is 12.7 Å².